The minimum Gasteiger partial charge on any atom is -0.497 e. The molecule has 6 heteroatoms. The lowest BCUT2D eigenvalue weighted by Crippen LogP contribution is -1.96. The van der Waals surface area contributed by atoms with Crippen LogP contribution in [0.15, 0.2) is 60.9 Å². The number of hydrogen-bond acceptors (Lipinski definition) is 6. The maximum absolute atomic E-state index is 5.29. The van der Waals surface area contributed by atoms with Gasteiger partial charge in [0.05, 0.1) is 17.7 Å². The Morgan fingerprint density at radius 1 is 0.929 bits per heavy atom. The zero-order valence-corrected chi connectivity index (χ0v) is 16.7. The summed E-state index contributed by atoms with van der Waals surface area (Å²) in [5.41, 5.74) is 4.24. The van der Waals surface area contributed by atoms with Crippen molar-refractivity contribution in [2.45, 2.75) is 13.8 Å². The molecule has 3 heterocycles. The molecule has 0 aliphatic rings. The third-order valence-corrected chi connectivity index (χ3v) is 5.39. The van der Waals surface area contributed by atoms with Gasteiger partial charge >= 0.3 is 0 Å². The number of ether oxygens (including phenoxy) is 1. The van der Waals surface area contributed by atoms with Crippen molar-refractivity contribution in [3.63, 3.8) is 0 Å². The molecule has 0 saturated heterocycles. The summed E-state index contributed by atoms with van der Waals surface area (Å²) in [5, 5.41) is 4.22. The van der Waals surface area contributed by atoms with E-state index >= 15 is 0 Å². The van der Waals surface area contributed by atoms with Gasteiger partial charge in [-0.3, -0.25) is 0 Å². The SMILES string of the molecule is COc1ccc(-c2ncc(-c3cccc(Nc4ccc(C)cn4)n3)s2)c(C)c1. The average Bonchev–Trinajstić information content (AvgIpc) is 3.20. The Bertz CT molecular complexity index is 1110. The van der Waals surface area contributed by atoms with Crippen molar-refractivity contribution in [3.05, 3.63) is 72.1 Å². The Balaban J connectivity index is 1.59. The molecule has 0 aliphatic heterocycles. The molecule has 0 saturated carbocycles. The number of pyridine rings is 2. The number of nitrogens with one attached hydrogen (secondary N) is 1. The number of benzene rings is 1. The van der Waals surface area contributed by atoms with E-state index in [-0.39, 0.29) is 0 Å². The maximum atomic E-state index is 5.29. The maximum Gasteiger partial charge on any atom is 0.132 e. The fraction of sp³-hybridized carbons (Fsp3) is 0.136. The van der Waals surface area contributed by atoms with Crippen LogP contribution in [0.4, 0.5) is 11.6 Å². The first-order valence-corrected chi connectivity index (χ1v) is 9.72. The van der Waals surface area contributed by atoms with E-state index in [1.54, 1.807) is 18.4 Å². The van der Waals surface area contributed by atoms with Gasteiger partial charge in [-0.05, 0) is 61.4 Å². The first kappa shape index (κ1) is 18.1. The number of methoxy groups -OCH3 is 1. The quantitative estimate of drug-likeness (QED) is 0.480. The summed E-state index contributed by atoms with van der Waals surface area (Å²) in [7, 11) is 1.68. The van der Waals surface area contributed by atoms with E-state index in [0.717, 1.165) is 49.7 Å². The van der Waals surface area contributed by atoms with Gasteiger partial charge < -0.3 is 10.1 Å². The van der Waals surface area contributed by atoms with Gasteiger partial charge in [0, 0.05) is 18.0 Å². The Kier molecular flexibility index (Phi) is 5.04. The van der Waals surface area contributed by atoms with E-state index in [2.05, 4.69) is 22.2 Å². The Labute approximate surface area is 168 Å². The average molecular weight is 388 g/mol. The van der Waals surface area contributed by atoms with Gasteiger partial charge in [-0.2, -0.15) is 0 Å². The zero-order valence-electron chi connectivity index (χ0n) is 15.9. The van der Waals surface area contributed by atoms with Crippen LogP contribution in [0.1, 0.15) is 11.1 Å². The zero-order chi connectivity index (χ0) is 19.5. The van der Waals surface area contributed by atoms with E-state index in [9.17, 15) is 0 Å². The molecule has 3 aromatic heterocycles. The van der Waals surface area contributed by atoms with Crippen LogP contribution in [0.3, 0.4) is 0 Å². The van der Waals surface area contributed by atoms with E-state index in [1.807, 2.05) is 67.8 Å². The molecule has 1 aromatic carbocycles. The molecule has 0 fully saturated rings. The number of aryl methyl sites for hydroxylation is 2. The number of rotatable bonds is 5. The van der Waals surface area contributed by atoms with E-state index in [0.29, 0.717) is 0 Å². The van der Waals surface area contributed by atoms with Gasteiger partial charge in [0.1, 0.15) is 22.4 Å². The van der Waals surface area contributed by atoms with Gasteiger partial charge in [-0.25, -0.2) is 15.0 Å². The Morgan fingerprint density at radius 2 is 1.82 bits per heavy atom. The van der Waals surface area contributed by atoms with Crippen molar-refractivity contribution in [2.24, 2.45) is 0 Å². The lowest BCUT2D eigenvalue weighted by Gasteiger charge is -2.06. The summed E-state index contributed by atoms with van der Waals surface area (Å²) in [4.78, 5) is 14.7. The molecule has 140 valence electrons. The van der Waals surface area contributed by atoms with Crippen LogP contribution < -0.4 is 10.1 Å². The number of anilines is 2. The number of thiazole rings is 1. The van der Waals surface area contributed by atoms with Crippen LogP contribution in [0.2, 0.25) is 0 Å². The van der Waals surface area contributed by atoms with Crippen LogP contribution in [0, 0.1) is 13.8 Å². The highest BCUT2D eigenvalue weighted by Gasteiger charge is 2.11. The second-order valence-corrected chi connectivity index (χ2v) is 7.50. The topological polar surface area (TPSA) is 59.9 Å². The Hall–Kier alpha value is -3.25. The van der Waals surface area contributed by atoms with E-state index in [1.165, 1.54) is 0 Å². The van der Waals surface area contributed by atoms with Gasteiger partial charge in [-0.15, -0.1) is 11.3 Å². The molecule has 5 nitrogen and oxygen atoms in total. The van der Waals surface area contributed by atoms with E-state index in [4.69, 9.17) is 9.72 Å². The van der Waals surface area contributed by atoms with Crippen LogP contribution in [-0.2, 0) is 0 Å². The van der Waals surface area contributed by atoms with Gasteiger partial charge in [0.2, 0.25) is 0 Å². The lowest BCUT2D eigenvalue weighted by molar-refractivity contribution is 0.414. The van der Waals surface area contributed by atoms with Crippen molar-refractivity contribution < 1.29 is 4.74 Å². The number of aromatic nitrogens is 3. The summed E-state index contributed by atoms with van der Waals surface area (Å²) in [6.45, 7) is 4.08. The summed E-state index contributed by atoms with van der Waals surface area (Å²) >= 11 is 1.63. The van der Waals surface area contributed by atoms with Crippen LogP contribution >= 0.6 is 11.3 Å². The summed E-state index contributed by atoms with van der Waals surface area (Å²) in [6, 6.07) is 15.9. The van der Waals surface area contributed by atoms with Crippen molar-refractivity contribution >= 4 is 23.0 Å². The van der Waals surface area contributed by atoms with Crippen LogP contribution in [0.25, 0.3) is 21.1 Å². The number of nitrogens with zero attached hydrogens (tertiary/aromatic N) is 3. The molecule has 28 heavy (non-hydrogen) atoms. The van der Waals surface area contributed by atoms with E-state index < -0.39 is 0 Å². The minimum absolute atomic E-state index is 0.754. The molecule has 0 aliphatic carbocycles. The highest BCUT2D eigenvalue weighted by atomic mass is 32.1. The van der Waals surface area contributed by atoms with Crippen molar-refractivity contribution in [1.82, 2.24) is 15.0 Å². The third-order valence-electron chi connectivity index (χ3n) is 4.34. The van der Waals surface area contributed by atoms with Crippen LogP contribution in [0.5, 0.6) is 5.75 Å². The first-order chi connectivity index (χ1) is 13.6. The first-order valence-electron chi connectivity index (χ1n) is 8.90. The summed E-state index contributed by atoms with van der Waals surface area (Å²) in [6.07, 6.45) is 3.71. The van der Waals surface area contributed by atoms with Gasteiger partial charge in [-0.1, -0.05) is 12.1 Å². The second-order valence-electron chi connectivity index (χ2n) is 6.46. The van der Waals surface area contributed by atoms with Crippen LogP contribution in [-0.4, -0.2) is 22.1 Å². The third kappa shape index (κ3) is 3.87. The molecule has 1 N–H and O–H groups in total. The fourth-order valence-electron chi connectivity index (χ4n) is 2.83. The largest absolute Gasteiger partial charge is 0.497 e. The molecule has 0 atom stereocenters. The molecule has 0 bridgehead atoms. The van der Waals surface area contributed by atoms with Gasteiger partial charge in [0.25, 0.3) is 0 Å². The fourth-order valence-corrected chi connectivity index (χ4v) is 3.81. The molecular weight excluding hydrogens is 368 g/mol. The normalized spacial score (nSPS) is 10.7. The minimum atomic E-state index is 0.754. The summed E-state index contributed by atoms with van der Waals surface area (Å²) < 4.78 is 5.29. The number of hydrogen-bond donors (Lipinski definition) is 1. The Morgan fingerprint density at radius 3 is 2.57 bits per heavy atom. The molecule has 0 unspecified atom stereocenters. The molecule has 0 spiro atoms. The lowest BCUT2D eigenvalue weighted by atomic mass is 10.1. The monoisotopic (exact) mass is 388 g/mol. The molecule has 4 rings (SSSR count). The standard InChI is InChI=1S/C22H20N4OS/c1-14-7-10-20(23-12-14)26-21-6-4-5-18(25-21)19-13-24-22(28-19)17-9-8-16(27-3)11-15(17)2/h4-13H,1-3H3,(H,23,25,26). The van der Waals surface area contributed by atoms with Gasteiger partial charge in [0.15, 0.2) is 0 Å². The molecule has 4 aromatic rings. The summed E-state index contributed by atoms with van der Waals surface area (Å²) in [5.74, 6) is 2.38. The molecule has 0 radical (unpaired) electrons. The molecule has 0 amide bonds. The van der Waals surface area contributed by atoms with Crippen molar-refractivity contribution in [1.29, 1.82) is 0 Å². The highest BCUT2D eigenvalue weighted by Crippen LogP contribution is 2.34. The second kappa shape index (κ2) is 7.78. The smallest absolute Gasteiger partial charge is 0.132 e. The predicted octanol–water partition coefficient (Wildman–Crippen LogP) is 5.64. The predicted molar refractivity (Wildman–Crippen MR) is 114 cm³/mol. The molecular formula is C22H20N4OS. The van der Waals surface area contributed by atoms with Crippen molar-refractivity contribution in [2.75, 3.05) is 12.4 Å². The van der Waals surface area contributed by atoms with Crippen molar-refractivity contribution in [3.8, 4) is 26.9 Å². The highest BCUT2D eigenvalue weighted by molar-refractivity contribution is 7.18.